The summed E-state index contributed by atoms with van der Waals surface area (Å²) in [4.78, 5) is 0. The average molecular weight is 150 g/mol. The summed E-state index contributed by atoms with van der Waals surface area (Å²) in [6, 6.07) is 0. The topological polar surface area (TPSA) is 0 Å². The highest BCUT2D eigenvalue weighted by Crippen LogP contribution is 2.03. The molecule has 0 atom stereocenters. The highest BCUT2D eigenvalue weighted by atomic mass is 35.5. The van der Waals surface area contributed by atoms with E-state index in [0.717, 1.165) is 0 Å². The monoisotopic (exact) mass is 149 g/mol. The van der Waals surface area contributed by atoms with E-state index in [1.807, 2.05) is 0 Å². The van der Waals surface area contributed by atoms with Crippen LogP contribution in [0.4, 0.5) is 0 Å². The maximum Gasteiger partial charge on any atom is -0.0533 e. The molecule has 0 aliphatic rings. The Hall–Kier alpha value is 0.290. The van der Waals surface area contributed by atoms with Gasteiger partial charge in [-0.15, -0.1) is 0 Å². The molecule has 0 rings (SSSR count). The quantitative estimate of drug-likeness (QED) is 0.496. The fourth-order valence-corrected chi connectivity index (χ4v) is 0.854. The third-order valence-corrected chi connectivity index (χ3v) is 1.46. The summed E-state index contributed by atoms with van der Waals surface area (Å²) >= 11 is 0. The van der Waals surface area contributed by atoms with Gasteiger partial charge in [-0.1, -0.05) is 52.4 Å². The first kappa shape index (κ1) is 12.0. The van der Waals surface area contributed by atoms with Crippen molar-refractivity contribution in [1.82, 2.24) is 0 Å². The van der Waals surface area contributed by atoms with E-state index in [2.05, 4.69) is 13.8 Å². The lowest BCUT2D eigenvalue weighted by Gasteiger charge is -1.93. The van der Waals surface area contributed by atoms with Crippen molar-refractivity contribution in [3.63, 3.8) is 0 Å². The van der Waals surface area contributed by atoms with Crippen LogP contribution in [-0.2, 0) is 0 Å². The van der Waals surface area contributed by atoms with Crippen molar-refractivity contribution >= 4 is 0 Å². The van der Waals surface area contributed by atoms with Crippen LogP contribution in [0, 0.1) is 0 Å². The number of hydrogen-bond acceptors (Lipinski definition) is 0. The first-order chi connectivity index (χ1) is 3.91. The van der Waals surface area contributed by atoms with Crippen molar-refractivity contribution in [2.75, 3.05) is 0 Å². The number of rotatable bonds is 5. The Morgan fingerprint density at radius 1 is 0.667 bits per heavy atom. The maximum atomic E-state index is 2.26. The van der Waals surface area contributed by atoms with E-state index in [9.17, 15) is 0 Å². The van der Waals surface area contributed by atoms with Gasteiger partial charge in [-0.2, -0.15) is 0 Å². The molecule has 0 fully saturated rings. The van der Waals surface area contributed by atoms with Crippen LogP contribution in [0.1, 0.15) is 52.4 Å². The standard InChI is InChI=1S/C8H18.ClH/c1-3-5-7-8-6-4-2;/h3-8H2,1-2H3;1H/p-1. The van der Waals surface area contributed by atoms with Crippen LogP contribution in [0.3, 0.4) is 0 Å². The molecule has 0 aromatic heterocycles. The van der Waals surface area contributed by atoms with Crippen LogP contribution < -0.4 is 12.4 Å². The van der Waals surface area contributed by atoms with Gasteiger partial charge in [0.25, 0.3) is 0 Å². The zero-order chi connectivity index (χ0) is 6.24. The lowest BCUT2D eigenvalue weighted by atomic mass is 10.1. The van der Waals surface area contributed by atoms with Crippen LogP contribution in [0.15, 0.2) is 0 Å². The van der Waals surface area contributed by atoms with E-state index < -0.39 is 0 Å². The van der Waals surface area contributed by atoms with Crippen LogP contribution in [0.2, 0.25) is 0 Å². The van der Waals surface area contributed by atoms with E-state index in [1.54, 1.807) is 0 Å². The van der Waals surface area contributed by atoms with Gasteiger partial charge in [0, 0.05) is 0 Å². The number of halogens is 1. The van der Waals surface area contributed by atoms with Crippen molar-refractivity contribution in [1.29, 1.82) is 0 Å². The van der Waals surface area contributed by atoms with E-state index >= 15 is 0 Å². The van der Waals surface area contributed by atoms with Gasteiger partial charge in [0.2, 0.25) is 0 Å². The third-order valence-electron chi connectivity index (χ3n) is 1.46. The Bertz CT molecular complexity index is 29.5. The Balaban J connectivity index is 0. The van der Waals surface area contributed by atoms with Gasteiger partial charge in [-0.25, -0.2) is 0 Å². The second-order valence-electron chi connectivity index (χ2n) is 2.41. The molecule has 0 nitrogen and oxygen atoms in total. The van der Waals surface area contributed by atoms with Gasteiger partial charge in [0.15, 0.2) is 0 Å². The van der Waals surface area contributed by atoms with Crippen LogP contribution in [0.25, 0.3) is 0 Å². The molecule has 0 radical (unpaired) electrons. The van der Waals surface area contributed by atoms with E-state index in [-0.39, 0.29) is 12.4 Å². The molecule has 0 saturated carbocycles. The van der Waals surface area contributed by atoms with Crippen molar-refractivity contribution < 1.29 is 12.4 Å². The molecule has 58 valence electrons. The van der Waals surface area contributed by atoms with Crippen LogP contribution in [-0.4, -0.2) is 0 Å². The Morgan fingerprint density at radius 3 is 1.22 bits per heavy atom. The van der Waals surface area contributed by atoms with Crippen LogP contribution in [0.5, 0.6) is 0 Å². The first-order valence-electron chi connectivity index (χ1n) is 3.91. The molecule has 9 heavy (non-hydrogen) atoms. The first-order valence-corrected chi connectivity index (χ1v) is 3.91. The van der Waals surface area contributed by atoms with E-state index in [0.29, 0.717) is 0 Å². The molecule has 0 aliphatic carbocycles. The Morgan fingerprint density at radius 2 is 1.00 bits per heavy atom. The molecule has 0 aliphatic heterocycles. The van der Waals surface area contributed by atoms with Gasteiger partial charge in [0.1, 0.15) is 0 Å². The minimum Gasteiger partial charge on any atom is -1.00 e. The molecule has 0 heterocycles. The van der Waals surface area contributed by atoms with Gasteiger partial charge in [0.05, 0.1) is 0 Å². The molecule has 0 aromatic rings. The minimum atomic E-state index is 0. The highest BCUT2D eigenvalue weighted by molar-refractivity contribution is 4.39. The van der Waals surface area contributed by atoms with E-state index in [4.69, 9.17) is 0 Å². The summed E-state index contributed by atoms with van der Waals surface area (Å²) in [5, 5.41) is 0. The maximum absolute atomic E-state index is 2.26. The molecule has 1 heteroatoms. The molecule has 0 amide bonds. The number of hydrogen-bond donors (Lipinski definition) is 0. The van der Waals surface area contributed by atoms with Crippen molar-refractivity contribution in [2.24, 2.45) is 0 Å². The minimum absolute atomic E-state index is 0. The zero-order valence-electron chi connectivity index (χ0n) is 6.62. The summed E-state index contributed by atoms with van der Waals surface area (Å²) < 4.78 is 0. The summed E-state index contributed by atoms with van der Waals surface area (Å²) in [6.07, 6.45) is 8.49. The molecule has 0 unspecified atom stereocenters. The average Bonchev–Trinajstić information content (AvgIpc) is 1.81. The molecule has 0 saturated heterocycles. The molecule has 0 spiro atoms. The summed E-state index contributed by atoms with van der Waals surface area (Å²) in [5.74, 6) is 0. The molecular weight excluding hydrogens is 132 g/mol. The highest BCUT2D eigenvalue weighted by Gasteiger charge is 1.83. The molecule has 0 bridgehead atoms. The predicted molar refractivity (Wildman–Crippen MR) is 39.0 cm³/mol. The summed E-state index contributed by atoms with van der Waals surface area (Å²) in [5.41, 5.74) is 0. The fraction of sp³-hybridized carbons (Fsp3) is 1.00. The van der Waals surface area contributed by atoms with Crippen LogP contribution >= 0.6 is 0 Å². The van der Waals surface area contributed by atoms with Crippen molar-refractivity contribution in [3.05, 3.63) is 0 Å². The van der Waals surface area contributed by atoms with Gasteiger partial charge >= 0.3 is 0 Å². The van der Waals surface area contributed by atoms with Crippen molar-refractivity contribution in [3.8, 4) is 0 Å². The fourth-order valence-electron chi connectivity index (χ4n) is 0.854. The van der Waals surface area contributed by atoms with E-state index in [1.165, 1.54) is 38.5 Å². The SMILES string of the molecule is CCCCCCCC.[Cl-]. The molecule has 0 aromatic carbocycles. The largest absolute Gasteiger partial charge is 1.00 e. The number of unbranched alkanes of at least 4 members (excludes halogenated alkanes) is 5. The third kappa shape index (κ3) is 11.7. The smallest absolute Gasteiger partial charge is 0.0533 e. The zero-order valence-corrected chi connectivity index (χ0v) is 7.38. The lowest BCUT2D eigenvalue weighted by Crippen LogP contribution is -3.00. The van der Waals surface area contributed by atoms with Gasteiger partial charge in [-0.05, 0) is 0 Å². The molecule has 0 N–H and O–H groups in total. The predicted octanol–water partition coefficient (Wildman–Crippen LogP) is 0.371. The summed E-state index contributed by atoms with van der Waals surface area (Å²) in [7, 11) is 0. The lowest BCUT2D eigenvalue weighted by molar-refractivity contribution is -0.00000192. The van der Waals surface area contributed by atoms with Gasteiger partial charge in [-0.3, -0.25) is 0 Å². The second-order valence-corrected chi connectivity index (χ2v) is 2.41. The normalized spacial score (nSPS) is 8.67. The Kier molecular flexibility index (Phi) is 14.9. The second kappa shape index (κ2) is 11.1. The van der Waals surface area contributed by atoms with Crippen molar-refractivity contribution in [2.45, 2.75) is 52.4 Å². The van der Waals surface area contributed by atoms with Gasteiger partial charge < -0.3 is 12.4 Å². The summed E-state index contributed by atoms with van der Waals surface area (Å²) in [6.45, 7) is 4.51. The Labute approximate surface area is 65.4 Å². The molecular formula is C8H18Cl-.